The topological polar surface area (TPSA) is 82.8 Å². The van der Waals surface area contributed by atoms with Crippen LogP contribution in [0.25, 0.3) is 0 Å². The molecule has 4 N–H and O–H groups in total. The number of aliphatic imine (C=N–C) groups is 1. The molecule has 22 heavy (non-hydrogen) atoms. The SMILES string of the molecule is CCN1CCCC1CN=C(N)NCCCC(=O)NC1CC1.I. The normalized spacial score (nSPS) is 22.2. The molecule has 0 radical (unpaired) electrons. The van der Waals surface area contributed by atoms with Crippen LogP contribution in [0, 0.1) is 0 Å². The minimum Gasteiger partial charge on any atom is -0.370 e. The monoisotopic (exact) mass is 423 g/mol. The highest BCUT2D eigenvalue weighted by atomic mass is 127. The van der Waals surface area contributed by atoms with Gasteiger partial charge in [0.05, 0.1) is 6.54 Å². The van der Waals surface area contributed by atoms with Gasteiger partial charge >= 0.3 is 0 Å². The van der Waals surface area contributed by atoms with E-state index in [-0.39, 0.29) is 29.9 Å². The lowest BCUT2D eigenvalue weighted by molar-refractivity contribution is -0.121. The molecule has 2 aliphatic rings. The van der Waals surface area contributed by atoms with Gasteiger partial charge in [0.1, 0.15) is 0 Å². The molecule has 1 aliphatic carbocycles. The molecular weight excluding hydrogens is 393 g/mol. The lowest BCUT2D eigenvalue weighted by Gasteiger charge is -2.20. The summed E-state index contributed by atoms with van der Waals surface area (Å²) in [6.07, 6.45) is 6.10. The molecule has 0 bridgehead atoms. The second-order valence-corrected chi connectivity index (χ2v) is 6.02. The second-order valence-electron chi connectivity index (χ2n) is 6.02. The number of halogens is 1. The zero-order valence-corrected chi connectivity index (χ0v) is 15.8. The lowest BCUT2D eigenvalue weighted by Crippen LogP contribution is -2.36. The number of likely N-dealkylation sites (tertiary alicyclic amines) is 1. The van der Waals surface area contributed by atoms with Crippen LogP contribution in [0.1, 0.15) is 45.4 Å². The summed E-state index contributed by atoms with van der Waals surface area (Å²) < 4.78 is 0. The Morgan fingerprint density at radius 1 is 1.36 bits per heavy atom. The maximum absolute atomic E-state index is 11.5. The van der Waals surface area contributed by atoms with Crippen LogP contribution >= 0.6 is 24.0 Å². The van der Waals surface area contributed by atoms with Gasteiger partial charge in [0.15, 0.2) is 5.96 Å². The Morgan fingerprint density at radius 2 is 2.14 bits per heavy atom. The molecule has 1 heterocycles. The number of carbonyl (C=O) groups is 1. The van der Waals surface area contributed by atoms with E-state index in [1.54, 1.807) is 0 Å². The first-order chi connectivity index (χ1) is 10.2. The van der Waals surface area contributed by atoms with Crippen LogP contribution in [0.5, 0.6) is 0 Å². The van der Waals surface area contributed by atoms with Crippen molar-refractivity contribution < 1.29 is 4.79 Å². The third-order valence-corrected chi connectivity index (χ3v) is 4.21. The molecule has 0 aromatic carbocycles. The summed E-state index contributed by atoms with van der Waals surface area (Å²) in [5, 5.41) is 6.07. The number of likely N-dealkylation sites (N-methyl/N-ethyl adjacent to an activating group) is 1. The summed E-state index contributed by atoms with van der Waals surface area (Å²) in [6.45, 7) is 5.94. The van der Waals surface area contributed by atoms with Crippen molar-refractivity contribution in [1.82, 2.24) is 15.5 Å². The van der Waals surface area contributed by atoms with Crippen molar-refractivity contribution >= 4 is 35.8 Å². The number of nitrogens with zero attached hydrogens (tertiary/aromatic N) is 2. The van der Waals surface area contributed by atoms with E-state index < -0.39 is 0 Å². The first-order valence-electron chi connectivity index (χ1n) is 8.26. The average molecular weight is 423 g/mol. The molecule has 0 aromatic heterocycles. The first kappa shape index (κ1) is 19.5. The molecule has 6 nitrogen and oxygen atoms in total. The average Bonchev–Trinajstić information content (AvgIpc) is 3.16. The molecule has 7 heteroatoms. The van der Waals surface area contributed by atoms with Crippen LogP contribution in [0.4, 0.5) is 0 Å². The first-order valence-corrected chi connectivity index (χ1v) is 8.26. The second kappa shape index (κ2) is 10.3. The van der Waals surface area contributed by atoms with E-state index in [0.717, 1.165) is 32.4 Å². The minimum atomic E-state index is 0. The standard InChI is InChI=1S/C15H29N5O.HI/c1-2-20-10-4-5-13(20)11-18-15(16)17-9-3-6-14(21)19-12-7-8-12;/h12-13H,2-11H2,1H3,(H,19,21)(H3,16,17,18);1H. The molecule has 0 spiro atoms. The number of guanidine groups is 1. The van der Waals surface area contributed by atoms with E-state index >= 15 is 0 Å². The van der Waals surface area contributed by atoms with Crippen molar-refractivity contribution in [3.05, 3.63) is 0 Å². The highest BCUT2D eigenvalue weighted by Crippen LogP contribution is 2.18. The van der Waals surface area contributed by atoms with Gasteiger partial charge < -0.3 is 16.4 Å². The molecule has 128 valence electrons. The molecule has 1 saturated heterocycles. The van der Waals surface area contributed by atoms with Gasteiger partial charge in [-0.3, -0.25) is 14.7 Å². The highest BCUT2D eigenvalue weighted by Gasteiger charge is 2.23. The van der Waals surface area contributed by atoms with Crippen LogP contribution < -0.4 is 16.4 Å². The van der Waals surface area contributed by atoms with Crippen molar-refractivity contribution in [1.29, 1.82) is 0 Å². The van der Waals surface area contributed by atoms with Gasteiger partial charge in [0, 0.05) is 25.0 Å². The highest BCUT2D eigenvalue weighted by molar-refractivity contribution is 14.0. The molecular formula is C15H30IN5O. The summed E-state index contributed by atoms with van der Waals surface area (Å²) in [5.74, 6) is 0.653. The third kappa shape index (κ3) is 7.13. The number of nitrogens with one attached hydrogen (secondary N) is 2. The van der Waals surface area contributed by atoms with Crippen LogP contribution in [0.15, 0.2) is 4.99 Å². The maximum Gasteiger partial charge on any atom is 0.220 e. The fourth-order valence-electron chi connectivity index (χ4n) is 2.77. The number of hydrogen-bond acceptors (Lipinski definition) is 3. The van der Waals surface area contributed by atoms with Crippen LogP contribution in [-0.4, -0.2) is 55.0 Å². The van der Waals surface area contributed by atoms with E-state index in [0.29, 0.717) is 31.0 Å². The summed E-state index contributed by atoms with van der Waals surface area (Å²) in [6, 6.07) is 0.990. The van der Waals surface area contributed by atoms with Gasteiger partial charge in [-0.1, -0.05) is 6.92 Å². The van der Waals surface area contributed by atoms with Crippen molar-refractivity contribution in [2.45, 2.75) is 57.5 Å². The fourth-order valence-corrected chi connectivity index (χ4v) is 2.77. The number of carbonyl (C=O) groups excluding carboxylic acids is 1. The lowest BCUT2D eigenvalue weighted by atomic mass is 10.2. The predicted molar refractivity (Wildman–Crippen MR) is 101 cm³/mol. The molecule has 1 amide bonds. The van der Waals surface area contributed by atoms with Gasteiger partial charge in [0.25, 0.3) is 0 Å². The van der Waals surface area contributed by atoms with E-state index in [1.165, 1.54) is 19.4 Å². The van der Waals surface area contributed by atoms with Crippen molar-refractivity contribution in [2.24, 2.45) is 10.7 Å². The molecule has 1 unspecified atom stereocenters. The molecule has 2 rings (SSSR count). The summed E-state index contributed by atoms with van der Waals surface area (Å²) in [5.41, 5.74) is 5.87. The zero-order valence-electron chi connectivity index (χ0n) is 13.5. The number of rotatable bonds is 8. The fraction of sp³-hybridized carbons (Fsp3) is 0.867. The molecule has 1 aliphatic heterocycles. The largest absolute Gasteiger partial charge is 0.370 e. The number of hydrogen-bond donors (Lipinski definition) is 3. The minimum absolute atomic E-state index is 0. The third-order valence-electron chi connectivity index (χ3n) is 4.21. The molecule has 2 fully saturated rings. The van der Waals surface area contributed by atoms with Gasteiger partial charge in [-0.15, -0.1) is 24.0 Å². The van der Waals surface area contributed by atoms with E-state index in [1.807, 2.05) is 0 Å². The Bertz CT molecular complexity index is 373. The van der Waals surface area contributed by atoms with Gasteiger partial charge in [-0.25, -0.2) is 0 Å². The summed E-state index contributed by atoms with van der Waals surface area (Å²) in [7, 11) is 0. The summed E-state index contributed by atoms with van der Waals surface area (Å²) >= 11 is 0. The van der Waals surface area contributed by atoms with E-state index in [2.05, 4.69) is 27.4 Å². The van der Waals surface area contributed by atoms with Crippen molar-refractivity contribution in [2.75, 3.05) is 26.2 Å². The molecule has 1 saturated carbocycles. The van der Waals surface area contributed by atoms with E-state index in [4.69, 9.17) is 5.73 Å². The molecule has 1 atom stereocenters. The zero-order chi connectivity index (χ0) is 15.1. The van der Waals surface area contributed by atoms with Crippen LogP contribution in [-0.2, 0) is 4.79 Å². The quantitative estimate of drug-likeness (QED) is 0.236. The van der Waals surface area contributed by atoms with Crippen LogP contribution in [0.3, 0.4) is 0 Å². The van der Waals surface area contributed by atoms with Crippen LogP contribution in [0.2, 0.25) is 0 Å². The predicted octanol–water partition coefficient (Wildman–Crippen LogP) is 1.05. The number of nitrogens with two attached hydrogens (primary N) is 1. The maximum atomic E-state index is 11.5. The van der Waals surface area contributed by atoms with Gasteiger partial charge in [-0.2, -0.15) is 0 Å². The molecule has 0 aromatic rings. The van der Waals surface area contributed by atoms with Crippen molar-refractivity contribution in [3.8, 4) is 0 Å². The Balaban J connectivity index is 0.00000242. The smallest absolute Gasteiger partial charge is 0.220 e. The Morgan fingerprint density at radius 3 is 2.82 bits per heavy atom. The Labute approximate surface area is 150 Å². The Hall–Kier alpha value is -0.570. The number of amides is 1. The van der Waals surface area contributed by atoms with Gasteiger partial charge in [0.2, 0.25) is 5.91 Å². The summed E-state index contributed by atoms with van der Waals surface area (Å²) in [4.78, 5) is 18.4. The van der Waals surface area contributed by atoms with E-state index in [9.17, 15) is 4.79 Å². The van der Waals surface area contributed by atoms with Crippen molar-refractivity contribution in [3.63, 3.8) is 0 Å². The Kier molecular flexibility index (Phi) is 9.08. The van der Waals surface area contributed by atoms with Gasteiger partial charge in [-0.05, 0) is 45.2 Å².